The van der Waals surface area contributed by atoms with Gasteiger partial charge in [-0.1, -0.05) is 57.0 Å². The SMILES string of the molecule is CCNC(c1cc(Br)ccc1F)c1ccccc1Br. The van der Waals surface area contributed by atoms with Crippen molar-refractivity contribution in [2.24, 2.45) is 0 Å². The Labute approximate surface area is 129 Å². The summed E-state index contributed by atoms with van der Waals surface area (Å²) in [5.74, 6) is -0.204. The van der Waals surface area contributed by atoms with Crippen LogP contribution in [0, 0.1) is 5.82 Å². The van der Waals surface area contributed by atoms with E-state index in [1.807, 2.05) is 37.3 Å². The second-order valence-corrected chi connectivity index (χ2v) is 5.95. The summed E-state index contributed by atoms with van der Waals surface area (Å²) in [6, 6.07) is 12.7. The van der Waals surface area contributed by atoms with E-state index in [0.29, 0.717) is 5.56 Å². The third-order valence-corrected chi connectivity index (χ3v) is 4.11. The minimum atomic E-state index is -0.204. The lowest BCUT2D eigenvalue weighted by atomic mass is 9.98. The number of nitrogens with one attached hydrogen (secondary N) is 1. The van der Waals surface area contributed by atoms with Gasteiger partial charge in [-0.05, 0) is 36.4 Å². The van der Waals surface area contributed by atoms with Crippen molar-refractivity contribution in [1.29, 1.82) is 0 Å². The molecule has 1 atom stereocenters. The minimum Gasteiger partial charge on any atom is -0.306 e. The Kier molecular flexibility index (Phi) is 5.13. The molecule has 0 aromatic heterocycles. The zero-order chi connectivity index (χ0) is 13.8. The van der Waals surface area contributed by atoms with Gasteiger partial charge in [0.25, 0.3) is 0 Å². The summed E-state index contributed by atoms with van der Waals surface area (Å²) < 4.78 is 15.9. The molecule has 0 bridgehead atoms. The molecular formula is C15H14Br2FN. The van der Waals surface area contributed by atoms with Gasteiger partial charge in [-0.2, -0.15) is 0 Å². The highest BCUT2D eigenvalue weighted by Crippen LogP contribution is 2.31. The molecule has 0 radical (unpaired) electrons. The van der Waals surface area contributed by atoms with Gasteiger partial charge in [-0.3, -0.25) is 0 Å². The number of hydrogen-bond donors (Lipinski definition) is 1. The molecule has 0 spiro atoms. The highest BCUT2D eigenvalue weighted by Gasteiger charge is 2.19. The second kappa shape index (κ2) is 6.64. The molecule has 19 heavy (non-hydrogen) atoms. The average Bonchev–Trinajstić information content (AvgIpc) is 2.40. The zero-order valence-corrected chi connectivity index (χ0v) is 13.6. The van der Waals surface area contributed by atoms with Gasteiger partial charge in [-0.25, -0.2) is 4.39 Å². The Balaban J connectivity index is 2.51. The second-order valence-electron chi connectivity index (χ2n) is 4.18. The molecule has 0 amide bonds. The molecule has 0 saturated heterocycles. The lowest BCUT2D eigenvalue weighted by Crippen LogP contribution is -2.23. The number of benzene rings is 2. The van der Waals surface area contributed by atoms with E-state index in [9.17, 15) is 4.39 Å². The minimum absolute atomic E-state index is 0.168. The number of rotatable bonds is 4. The molecule has 0 saturated carbocycles. The van der Waals surface area contributed by atoms with Crippen LogP contribution in [0.3, 0.4) is 0 Å². The van der Waals surface area contributed by atoms with Crippen LogP contribution in [0.25, 0.3) is 0 Å². The lowest BCUT2D eigenvalue weighted by molar-refractivity contribution is 0.557. The van der Waals surface area contributed by atoms with Crippen LogP contribution in [0.4, 0.5) is 4.39 Å². The highest BCUT2D eigenvalue weighted by molar-refractivity contribution is 9.10. The molecule has 0 aliphatic carbocycles. The predicted molar refractivity (Wildman–Crippen MR) is 83.8 cm³/mol. The smallest absolute Gasteiger partial charge is 0.128 e. The summed E-state index contributed by atoms with van der Waals surface area (Å²) in [5, 5.41) is 3.33. The van der Waals surface area contributed by atoms with Gasteiger partial charge in [0.2, 0.25) is 0 Å². The summed E-state index contributed by atoms with van der Waals surface area (Å²) in [6.45, 7) is 2.78. The van der Waals surface area contributed by atoms with Crippen LogP contribution >= 0.6 is 31.9 Å². The molecule has 100 valence electrons. The van der Waals surface area contributed by atoms with Gasteiger partial charge >= 0.3 is 0 Å². The molecule has 4 heteroatoms. The molecular weight excluding hydrogens is 373 g/mol. The molecule has 0 heterocycles. The molecule has 2 aromatic carbocycles. The first-order valence-electron chi connectivity index (χ1n) is 6.06. The average molecular weight is 387 g/mol. The van der Waals surface area contributed by atoms with Gasteiger partial charge in [0.1, 0.15) is 5.82 Å². The Hall–Kier alpha value is -0.710. The Bertz CT molecular complexity index is 572. The monoisotopic (exact) mass is 385 g/mol. The van der Waals surface area contributed by atoms with Crippen molar-refractivity contribution in [2.75, 3.05) is 6.54 Å². The quantitative estimate of drug-likeness (QED) is 0.775. The van der Waals surface area contributed by atoms with Crippen LogP contribution in [-0.4, -0.2) is 6.54 Å². The molecule has 1 nitrogen and oxygen atoms in total. The van der Waals surface area contributed by atoms with E-state index in [1.54, 1.807) is 6.07 Å². The van der Waals surface area contributed by atoms with Crippen molar-refractivity contribution in [3.8, 4) is 0 Å². The van der Waals surface area contributed by atoms with E-state index in [4.69, 9.17) is 0 Å². The standard InChI is InChI=1S/C15H14Br2FN/c1-2-19-15(11-5-3-4-6-13(11)17)12-9-10(16)7-8-14(12)18/h3-9,15,19H,2H2,1H3. The van der Waals surface area contributed by atoms with Crippen LogP contribution in [-0.2, 0) is 0 Å². The fourth-order valence-corrected chi connectivity index (χ4v) is 2.93. The maximum absolute atomic E-state index is 14.1. The van der Waals surface area contributed by atoms with E-state index in [-0.39, 0.29) is 11.9 Å². The van der Waals surface area contributed by atoms with Gasteiger partial charge in [-0.15, -0.1) is 0 Å². The van der Waals surface area contributed by atoms with E-state index in [1.165, 1.54) is 6.07 Å². The van der Waals surface area contributed by atoms with Crippen molar-refractivity contribution in [3.63, 3.8) is 0 Å². The predicted octanol–water partition coefficient (Wildman–Crippen LogP) is 5.05. The van der Waals surface area contributed by atoms with Crippen molar-refractivity contribution in [3.05, 3.63) is 68.4 Å². The van der Waals surface area contributed by atoms with Crippen LogP contribution in [0.15, 0.2) is 51.4 Å². The van der Waals surface area contributed by atoms with Crippen LogP contribution in [0.5, 0.6) is 0 Å². The molecule has 1 unspecified atom stereocenters. The van der Waals surface area contributed by atoms with Crippen molar-refractivity contribution >= 4 is 31.9 Å². The summed E-state index contributed by atoms with van der Waals surface area (Å²) in [4.78, 5) is 0. The molecule has 2 aromatic rings. The Morgan fingerprint density at radius 1 is 1.11 bits per heavy atom. The number of hydrogen-bond acceptors (Lipinski definition) is 1. The Morgan fingerprint density at radius 2 is 1.84 bits per heavy atom. The summed E-state index contributed by atoms with van der Waals surface area (Å²) in [6.07, 6.45) is 0. The first-order valence-corrected chi connectivity index (χ1v) is 7.65. The largest absolute Gasteiger partial charge is 0.306 e. The van der Waals surface area contributed by atoms with E-state index in [0.717, 1.165) is 21.1 Å². The third-order valence-electron chi connectivity index (χ3n) is 2.89. The number of halogens is 3. The molecule has 2 rings (SSSR count). The van der Waals surface area contributed by atoms with E-state index >= 15 is 0 Å². The van der Waals surface area contributed by atoms with Crippen molar-refractivity contribution < 1.29 is 4.39 Å². The zero-order valence-electron chi connectivity index (χ0n) is 10.5. The van der Waals surface area contributed by atoms with E-state index < -0.39 is 0 Å². The fraction of sp³-hybridized carbons (Fsp3) is 0.200. The van der Waals surface area contributed by atoms with Crippen LogP contribution in [0.1, 0.15) is 24.1 Å². The van der Waals surface area contributed by atoms with Crippen LogP contribution in [0.2, 0.25) is 0 Å². The highest BCUT2D eigenvalue weighted by atomic mass is 79.9. The summed E-state index contributed by atoms with van der Waals surface area (Å²) >= 11 is 6.93. The molecule has 0 fully saturated rings. The Morgan fingerprint density at radius 3 is 2.53 bits per heavy atom. The maximum Gasteiger partial charge on any atom is 0.128 e. The summed E-state index contributed by atoms with van der Waals surface area (Å²) in [5.41, 5.74) is 1.67. The summed E-state index contributed by atoms with van der Waals surface area (Å²) in [7, 11) is 0. The molecule has 0 aliphatic heterocycles. The van der Waals surface area contributed by atoms with Gasteiger partial charge in [0.05, 0.1) is 6.04 Å². The normalized spacial score (nSPS) is 12.4. The van der Waals surface area contributed by atoms with Crippen molar-refractivity contribution in [1.82, 2.24) is 5.32 Å². The topological polar surface area (TPSA) is 12.0 Å². The van der Waals surface area contributed by atoms with Gasteiger partial charge in [0, 0.05) is 14.5 Å². The van der Waals surface area contributed by atoms with Crippen molar-refractivity contribution in [2.45, 2.75) is 13.0 Å². The molecule has 0 aliphatic rings. The first kappa shape index (κ1) is 14.7. The third kappa shape index (κ3) is 3.44. The van der Waals surface area contributed by atoms with Gasteiger partial charge < -0.3 is 5.32 Å². The van der Waals surface area contributed by atoms with Gasteiger partial charge in [0.15, 0.2) is 0 Å². The first-order chi connectivity index (χ1) is 9.13. The maximum atomic E-state index is 14.1. The van der Waals surface area contributed by atoms with E-state index in [2.05, 4.69) is 37.2 Å². The molecule has 1 N–H and O–H groups in total. The fourth-order valence-electron chi connectivity index (χ4n) is 2.04. The lowest BCUT2D eigenvalue weighted by Gasteiger charge is -2.21. The van der Waals surface area contributed by atoms with Crippen LogP contribution < -0.4 is 5.32 Å².